The Bertz CT molecular complexity index is 12.0. The first-order valence-corrected chi connectivity index (χ1v) is 2.52. The van der Waals surface area contributed by atoms with E-state index in [2.05, 4.69) is 20.3 Å². The molecule has 0 atom stereocenters. The lowest BCUT2D eigenvalue weighted by Gasteiger charge is -1.85. The Morgan fingerprint density at radius 1 is 1.67 bits per heavy atom. The van der Waals surface area contributed by atoms with E-state index in [9.17, 15) is 0 Å². The van der Waals surface area contributed by atoms with Gasteiger partial charge in [-0.1, -0.05) is 33.1 Å². The van der Waals surface area contributed by atoms with Gasteiger partial charge in [-0.2, -0.15) is 0 Å². The average Bonchev–Trinajstić information content (AvgIpc) is 1.61. The van der Waals surface area contributed by atoms with Crippen LogP contribution in [-0.2, 0) is 0 Å². The van der Waals surface area contributed by atoms with Crippen LogP contribution in [-0.4, -0.2) is 0 Å². The topological polar surface area (TPSA) is 0 Å². The van der Waals surface area contributed by atoms with Crippen molar-refractivity contribution in [3.8, 4) is 0 Å². The van der Waals surface area contributed by atoms with Gasteiger partial charge in [0, 0.05) is 0 Å². The number of rotatable bonds is 3. The molecular formula is C6H12. The molecule has 0 aliphatic rings. The van der Waals surface area contributed by atoms with E-state index in [1.165, 1.54) is 12.8 Å². The lowest BCUT2D eigenvalue weighted by atomic mass is 10.2. The second kappa shape index (κ2) is 5.00. The molecule has 0 heteroatoms. The Morgan fingerprint density at radius 2 is 2.33 bits per heavy atom. The minimum atomic E-state index is 0.980. The first kappa shape index (κ1) is 6.00. The fourth-order valence-electron chi connectivity index (χ4n) is 0.348. The van der Waals surface area contributed by atoms with E-state index in [0.717, 1.165) is 6.42 Å². The smallest absolute Gasteiger partial charge is 0.0386 e. The Hall–Kier alpha value is 0. The van der Waals surface area contributed by atoms with Crippen LogP contribution in [0.4, 0.5) is 0 Å². The van der Waals surface area contributed by atoms with E-state index >= 15 is 0 Å². The molecule has 0 aromatic rings. The SMILES string of the molecule is [CH2]C[CH]CCC. The van der Waals surface area contributed by atoms with Crippen molar-refractivity contribution in [3.63, 3.8) is 0 Å². The summed E-state index contributed by atoms with van der Waals surface area (Å²) in [6.07, 6.45) is 5.66. The van der Waals surface area contributed by atoms with Crippen molar-refractivity contribution in [2.24, 2.45) is 0 Å². The third kappa shape index (κ3) is 4.00. The van der Waals surface area contributed by atoms with Crippen molar-refractivity contribution in [1.82, 2.24) is 0 Å². The Balaban J connectivity index is 2.34. The average molecular weight is 84.2 g/mol. The van der Waals surface area contributed by atoms with E-state index < -0.39 is 0 Å². The third-order valence-corrected chi connectivity index (χ3v) is 0.697. The van der Waals surface area contributed by atoms with Crippen molar-refractivity contribution in [3.05, 3.63) is 13.3 Å². The lowest BCUT2D eigenvalue weighted by molar-refractivity contribution is 0.873. The molecule has 6 heavy (non-hydrogen) atoms. The summed E-state index contributed by atoms with van der Waals surface area (Å²) in [5, 5.41) is 0. The predicted molar refractivity (Wildman–Crippen MR) is 29.2 cm³/mol. The van der Waals surface area contributed by atoms with Gasteiger partial charge in [0.2, 0.25) is 0 Å². The Kier molecular flexibility index (Phi) is 5.00. The summed E-state index contributed by atoms with van der Waals surface area (Å²) in [5.41, 5.74) is 0. The maximum Gasteiger partial charge on any atom is -0.0386 e. The molecule has 0 aliphatic heterocycles. The Labute approximate surface area is 40.6 Å². The van der Waals surface area contributed by atoms with Gasteiger partial charge in [-0.15, -0.1) is 0 Å². The summed E-state index contributed by atoms with van der Waals surface area (Å²) < 4.78 is 0. The highest BCUT2D eigenvalue weighted by Crippen LogP contribution is 1.93. The molecular weight excluding hydrogens is 72.1 g/mol. The van der Waals surface area contributed by atoms with Crippen LogP contribution in [0.5, 0.6) is 0 Å². The summed E-state index contributed by atoms with van der Waals surface area (Å²) in [7, 11) is 0. The maximum atomic E-state index is 3.67. The molecule has 0 aromatic carbocycles. The molecule has 0 aromatic heterocycles. The molecule has 36 valence electrons. The molecule has 2 radical (unpaired) electrons. The number of hydrogen-bond donors (Lipinski definition) is 0. The first-order chi connectivity index (χ1) is 2.91. The molecule has 0 aliphatic carbocycles. The quantitative estimate of drug-likeness (QED) is 0.460. The van der Waals surface area contributed by atoms with Crippen molar-refractivity contribution < 1.29 is 0 Å². The predicted octanol–water partition coefficient (Wildman–Crippen LogP) is 2.21. The van der Waals surface area contributed by atoms with Gasteiger partial charge in [-0.3, -0.25) is 0 Å². The van der Waals surface area contributed by atoms with Gasteiger partial charge in [-0.25, -0.2) is 0 Å². The maximum absolute atomic E-state index is 3.67. The van der Waals surface area contributed by atoms with Crippen molar-refractivity contribution in [1.29, 1.82) is 0 Å². The Morgan fingerprint density at radius 3 is 2.50 bits per heavy atom. The summed E-state index contributed by atoms with van der Waals surface area (Å²) in [6.45, 7) is 5.84. The van der Waals surface area contributed by atoms with E-state index in [4.69, 9.17) is 0 Å². The summed E-state index contributed by atoms with van der Waals surface area (Å²) in [6, 6.07) is 0. The van der Waals surface area contributed by atoms with Gasteiger partial charge in [-0.05, 0) is 6.42 Å². The second-order valence-electron chi connectivity index (χ2n) is 1.37. The highest BCUT2D eigenvalue weighted by atomic mass is 13.8. The van der Waals surface area contributed by atoms with Crippen LogP contribution in [0.15, 0.2) is 0 Å². The molecule has 0 bridgehead atoms. The normalized spacial score (nSPS) is 9.00. The van der Waals surface area contributed by atoms with Crippen LogP contribution in [0.1, 0.15) is 26.2 Å². The van der Waals surface area contributed by atoms with E-state index in [0.29, 0.717) is 0 Å². The molecule has 0 saturated carbocycles. The van der Waals surface area contributed by atoms with Crippen LogP contribution < -0.4 is 0 Å². The van der Waals surface area contributed by atoms with E-state index in [-0.39, 0.29) is 0 Å². The third-order valence-electron chi connectivity index (χ3n) is 0.697. The van der Waals surface area contributed by atoms with Crippen molar-refractivity contribution in [2.45, 2.75) is 26.2 Å². The zero-order valence-electron chi connectivity index (χ0n) is 4.41. The monoisotopic (exact) mass is 84.1 g/mol. The zero-order chi connectivity index (χ0) is 4.83. The molecule has 0 nitrogen and oxygen atoms in total. The molecule has 0 fully saturated rings. The highest BCUT2D eigenvalue weighted by molar-refractivity contribution is 4.62. The molecule has 0 amide bonds. The van der Waals surface area contributed by atoms with Gasteiger partial charge in [0.1, 0.15) is 0 Å². The fourth-order valence-corrected chi connectivity index (χ4v) is 0.348. The van der Waals surface area contributed by atoms with Crippen LogP contribution in [0, 0.1) is 13.3 Å². The van der Waals surface area contributed by atoms with Gasteiger partial charge in [0.15, 0.2) is 0 Å². The largest absolute Gasteiger partial charge is 0.0654 e. The van der Waals surface area contributed by atoms with Crippen molar-refractivity contribution in [2.75, 3.05) is 0 Å². The number of hydrogen-bond acceptors (Lipinski definition) is 0. The molecule has 0 saturated heterocycles. The summed E-state index contributed by atoms with van der Waals surface area (Å²) >= 11 is 0. The second-order valence-corrected chi connectivity index (χ2v) is 1.37. The van der Waals surface area contributed by atoms with Crippen LogP contribution in [0.2, 0.25) is 0 Å². The van der Waals surface area contributed by atoms with Gasteiger partial charge in [0.25, 0.3) is 0 Å². The first-order valence-electron chi connectivity index (χ1n) is 2.52. The van der Waals surface area contributed by atoms with Crippen molar-refractivity contribution >= 4 is 0 Å². The zero-order valence-corrected chi connectivity index (χ0v) is 4.41. The summed E-state index contributed by atoms with van der Waals surface area (Å²) in [5.74, 6) is 0. The molecule has 0 N–H and O–H groups in total. The summed E-state index contributed by atoms with van der Waals surface area (Å²) in [4.78, 5) is 0. The molecule has 0 heterocycles. The van der Waals surface area contributed by atoms with Gasteiger partial charge in [0.05, 0.1) is 0 Å². The molecule has 0 spiro atoms. The number of unbranched alkanes of at least 4 members (excludes halogenated alkanes) is 3. The fraction of sp³-hybridized carbons (Fsp3) is 0.667. The van der Waals surface area contributed by atoms with E-state index in [1.54, 1.807) is 0 Å². The van der Waals surface area contributed by atoms with E-state index in [1.807, 2.05) is 0 Å². The minimum absolute atomic E-state index is 0.980. The van der Waals surface area contributed by atoms with Crippen LogP contribution in [0.25, 0.3) is 0 Å². The van der Waals surface area contributed by atoms with Gasteiger partial charge < -0.3 is 0 Å². The standard InChI is InChI=1S/C6H12/c1-3-5-6-4-2/h5H,1,3-4,6H2,2H3. The van der Waals surface area contributed by atoms with Crippen LogP contribution in [0.3, 0.4) is 0 Å². The molecule has 0 unspecified atom stereocenters. The minimum Gasteiger partial charge on any atom is -0.0654 e. The van der Waals surface area contributed by atoms with Gasteiger partial charge >= 0.3 is 0 Å². The highest BCUT2D eigenvalue weighted by Gasteiger charge is 1.76. The van der Waals surface area contributed by atoms with Crippen LogP contribution >= 0.6 is 0 Å². The molecule has 0 rings (SSSR count). The lowest BCUT2D eigenvalue weighted by Crippen LogP contribution is -1.68.